The first kappa shape index (κ1) is 21.2. The zero-order valence-corrected chi connectivity index (χ0v) is 19.5. The van der Waals surface area contributed by atoms with Gasteiger partial charge in [0.1, 0.15) is 0 Å². The van der Waals surface area contributed by atoms with Gasteiger partial charge in [-0.05, 0) is 51.9 Å². The van der Waals surface area contributed by atoms with Crippen molar-refractivity contribution in [3.05, 3.63) is 47.7 Å². The molecule has 1 aliphatic heterocycles. The SMILES string of the molecule is Cc1ccc(-c2cn3nc(N4CCC[C@@H](C(=O)NCCC5=CCCCC5)C4)sc3n2)cc1. The van der Waals surface area contributed by atoms with E-state index < -0.39 is 0 Å². The molecule has 1 amide bonds. The van der Waals surface area contributed by atoms with E-state index >= 15 is 0 Å². The molecular weight excluding hydrogens is 418 g/mol. The molecule has 2 aliphatic rings. The minimum Gasteiger partial charge on any atom is -0.355 e. The second-order valence-electron chi connectivity index (χ2n) is 9.04. The summed E-state index contributed by atoms with van der Waals surface area (Å²) in [5.74, 6) is 0.220. The molecule has 0 radical (unpaired) electrons. The van der Waals surface area contributed by atoms with Crippen molar-refractivity contribution in [1.82, 2.24) is 19.9 Å². The molecule has 1 aliphatic carbocycles. The normalized spacial score (nSPS) is 19.2. The standard InChI is InChI=1S/C25H31N5OS/c1-18-9-11-20(12-10-18)22-17-30-24(27-22)32-25(28-30)29-15-5-8-21(16-29)23(31)26-14-13-19-6-3-2-4-7-19/h6,9-12,17,21H,2-5,7-8,13-16H2,1H3,(H,26,31)/t21-/m1/s1. The number of allylic oxidation sites excluding steroid dienone is 1. The number of hydrogen-bond acceptors (Lipinski definition) is 5. The van der Waals surface area contributed by atoms with Gasteiger partial charge in [-0.1, -0.05) is 52.8 Å². The van der Waals surface area contributed by atoms with Gasteiger partial charge in [0.25, 0.3) is 0 Å². The lowest BCUT2D eigenvalue weighted by Crippen LogP contribution is -2.43. The molecule has 5 rings (SSSR count). The van der Waals surface area contributed by atoms with Crippen molar-refractivity contribution < 1.29 is 4.79 Å². The maximum atomic E-state index is 12.8. The Morgan fingerprint density at radius 2 is 2.09 bits per heavy atom. The van der Waals surface area contributed by atoms with Crippen LogP contribution in [0.2, 0.25) is 0 Å². The predicted octanol–water partition coefficient (Wildman–Crippen LogP) is 4.99. The van der Waals surface area contributed by atoms with Gasteiger partial charge in [-0.2, -0.15) is 0 Å². The summed E-state index contributed by atoms with van der Waals surface area (Å²) in [7, 11) is 0. The number of imidazole rings is 1. The quantitative estimate of drug-likeness (QED) is 0.539. The van der Waals surface area contributed by atoms with Gasteiger partial charge in [-0.3, -0.25) is 4.79 Å². The van der Waals surface area contributed by atoms with Gasteiger partial charge in [-0.15, -0.1) is 5.10 Å². The number of carbonyl (C=O) groups excluding carboxylic acids is 1. The van der Waals surface area contributed by atoms with Gasteiger partial charge in [0, 0.05) is 25.2 Å². The summed E-state index contributed by atoms with van der Waals surface area (Å²) in [5.41, 5.74) is 4.80. The molecule has 7 heteroatoms. The number of anilines is 1. The minimum absolute atomic E-state index is 0.0310. The molecule has 0 saturated carbocycles. The van der Waals surface area contributed by atoms with E-state index in [1.54, 1.807) is 11.3 Å². The van der Waals surface area contributed by atoms with Crippen LogP contribution >= 0.6 is 11.3 Å². The highest BCUT2D eigenvalue weighted by molar-refractivity contribution is 7.20. The number of benzene rings is 1. The van der Waals surface area contributed by atoms with Crippen molar-refractivity contribution in [1.29, 1.82) is 0 Å². The molecule has 3 heterocycles. The van der Waals surface area contributed by atoms with E-state index in [0.717, 1.165) is 60.2 Å². The number of carbonyl (C=O) groups is 1. The number of piperidine rings is 1. The maximum absolute atomic E-state index is 12.8. The van der Waals surface area contributed by atoms with Crippen molar-refractivity contribution in [2.45, 2.75) is 51.9 Å². The fourth-order valence-electron chi connectivity index (χ4n) is 4.67. The average molecular weight is 450 g/mol. The maximum Gasteiger partial charge on any atom is 0.224 e. The van der Waals surface area contributed by atoms with Crippen LogP contribution in [0.3, 0.4) is 0 Å². The van der Waals surface area contributed by atoms with E-state index in [9.17, 15) is 4.79 Å². The minimum atomic E-state index is 0.0310. The third kappa shape index (κ3) is 4.72. The number of nitrogens with one attached hydrogen (secondary N) is 1. The molecule has 6 nitrogen and oxygen atoms in total. The van der Waals surface area contributed by atoms with E-state index in [1.165, 1.54) is 36.8 Å². The molecule has 2 aromatic heterocycles. The molecular formula is C25H31N5OS. The van der Waals surface area contributed by atoms with Crippen molar-refractivity contribution in [2.75, 3.05) is 24.5 Å². The predicted molar refractivity (Wildman–Crippen MR) is 130 cm³/mol. The van der Waals surface area contributed by atoms with E-state index in [-0.39, 0.29) is 11.8 Å². The second-order valence-corrected chi connectivity index (χ2v) is 9.97. The van der Waals surface area contributed by atoms with Crippen molar-refractivity contribution in [2.24, 2.45) is 5.92 Å². The highest BCUT2D eigenvalue weighted by Gasteiger charge is 2.27. The topological polar surface area (TPSA) is 62.5 Å². The largest absolute Gasteiger partial charge is 0.355 e. The van der Waals surface area contributed by atoms with Gasteiger partial charge in [0.2, 0.25) is 16.0 Å². The van der Waals surface area contributed by atoms with Crippen LogP contribution in [0.5, 0.6) is 0 Å². The van der Waals surface area contributed by atoms with Gasteiger partial charge in [0.15, 0.2) is 0 Å². The molecule has 0 bridgehead atoms. The number of fused-ring (bicyclic) bond motifs is 1. The van der Waals surface area contributed by atoms with Crippen LogP contribution in [0.25, 0.3) is 16.2 Å². The summed E-state index contributed by atoms with van der Waals surface area (Å²) in [6, 6.07) is 8.40. The van der Waals surface area contributed by atoms with Crippen molar-refractivity contribution in [3.8, 4) is 11.3 Å². The Bertz CT molecular complexity index is 1080. The van der Waals surface area contributed by atoms with Crippen LogP contribution < -0.4 is 10.2 Å². The molecule has 1 N–H and O–H groups in total. The molecule has 168 valence electrons. The summed E-state index contributed by atoms with van der Waals surface area (Å²) < 4.78 is 1.87. The average Bonchev–Trinajstić information content (AvgIpc) is 3.40. The molecule has 3 aromatic rings. The molecule has 0 unspecified atom stereocenters. The first-order chi connectivity index (χ1) is 15.7. The molecule has 0 spiro atoms. The number of aromatic nitrogens is 3. The number of aryl methyl sites for hydroxylation is 1. The summed E-state index contributed by atoms with van der Waals surface area (Å²) >= 11 is 1.60. The summed E-state index contributed by atoms with van der Waals surface area (Å²) in [4.78, 5) is 20.7. The van der Waals surface area contributed by atoms with Crippen molar-refractivity contribution in [3.63, 3.8) is 0 Å². The Morgan fingerprint density at radius 1 is 1.22 bits per heavy atom. The highest BCUT2D eigenvalue weighted by Crippen LogP contribution is 2.30. The van der Waals surface area contributed by atoms with Gasteiger partial charge >= 0.3 is 0 Å². The Balaban J connectivity index is 1.20. The Morgan fingerprint density at radius 3 is 2.88 bits per heavy atom. The van der Waals surface area contributed by atoms with Crippen LogP contribution in [0, 0.1) is 12.8 Å². The smallest absolute Gasteiger partial charge is 0.224 e. The molecule has 32 heavy (non-hydrogen) atoms. The van der Waals surface area contributed by atoms with E-state index in [4.69, 9.17) is 10.1 Å². The highest BCUT2D eigenvalue weighted by atomic mass is 32.1. The lowest BCUT2D eigenvalue weighted by molar-refractivity contribution is -0.125. The van der Waals surface area contributed by atoms with Gasteiger partial charge < -0.3 is 10.2 Å². The van der Waals surface area contributed by atoms with Gasteiger partial charge in [-0.25, -0.2) is 9.50 Å². The van der Waals surface area contributed by atoms with Gasteiger partial charge in [0.05, 0.1) is 17.8 Å². The Hall–Kier alpha value is -2.67. The number of hydrogen-bond donors (Lipinski definition) is 1. The zero-order chi connectivity index (χ0) is 21.9. The lowest BCUT2D eigenvalue weighted by atomic mass is 9.96. The first-order valence-corrected chi connectivity index (χ1v) is 12.6. The number of rotatable bonds is 6. The van der Waals surface area contributed by atoms with E-state index in [0.29, 0.717) is 0 Å². The van der Waals surface area contributed by atoms with E-state index in [2.05, 4.69) is 47.5 Å². The third-order valence-corrected chi connectivity index (χ3v) is 7.56. The van der Waals surface area contributed by atoms with Crippen LogP contribution in [0.1, 0.15) is 50.5 Å². The number of amides is 1. The van der Waals surface area contributed by atoms with E-state index in [1.807, 2.05) is 10.7 Å². The molecule has 1 saturated heterocycles. The molecule has 1 fully saturated rings. The third-order valence-electron chi connectivity index (χ3n) is 6.57. The molecule has 1 atom stereocenters. The fraction of sp³-hybridized carbons (Fsp3) is 0.480. The lowest BCUT2D eigenvalue weighted by Gasteiger charge is -2.31. The first-order valence-electron chi connectivity index (χ1n) is 11.8. The molecule has 1 aromatic carbocycles. The van der Waals surface area contributed by atoms with Crippen molar-refractivity contribution >= 4 is 27.3 Å². The van der Waals surface area contributed by atoms with Crippen LogP contribution in [-0.4, -0.2) is 40.1 Å². The Kier molecular flexibility index (Phi) is 6.26. The number of nitrogens with zero attached hydrogens (tertiary/aromatic N) is 4. The summed E-state index contributed by atoms with van der Waals surface area (Å²) in [6.45, 7) is 4.52. The summed E-state index contributed by atoms with van der Waals surface area (Å²) in [6.07, 6.45) is 12.3. The fourth-order valence-corrected chi connectivity index (χ4v) is 5.59. The Labute approximate surface area is 193 Å². The van der Waals surface area contributed by atoms with Crippen LogP contribution in [0.4, 0.5) is 5.13 Å². The summed E-state index contributed by atoms with van der Waals surface area (Å²) in [5, 5.41) is 8.91. The monoisotopic (exact) mass is 449 g/mol. The zero-order valence-electron chi connectivity index (χ0n) is 18.7. The second kappa shape index (κ2) is 9.45. The van der Waals surface area contributed by atoms with Crippen LogP contribution in [-0.2, 0) is 4.79 Å². The van der Waals surface area contributed by atoms with Crippen LogP contribution in [0.15, 0.2) is 42.1 Å².